The quantitative estimate of drug-likeness (QED) is 0.881. The Balaban J connectivity index is 2.00. The molecule has 2 aromatic rings. The molecule has 0 aliphatic rings. The van der Waals surface area contributed by atoms with Gasteiger partial charge < -0.3 is 10.1 Å². The van der Waals surface area contributed by atoms with Crippen molar-refractivity contribution in [2.45, 2.75) is 18.9 Å². The largest absolute Gasteiger partial charge is 0.372 e. The van der Waals surface area contributed by atoms with Gasteiger partial charge in [0.15, 0.2) is 0 Å². The fourth-order valence-electron chi connectivity index (χ4n) is 2.02. The Labute approximate surface area is 133 Å². The minimum Gasteiger partial charge on any atom is -0.372 e. The lowest BCUT2D eigenvalue weighted by Gasteiger charge is -2.29. The maximum atomic E-state index is 12.0. The van der Waals surface area contributed by atoms with Crippen LogP contribution in [0.15, 0.2) is 41.1 Å². The van der Waals surface area contributed by atoms with E-state index in [4.69, 9.17) is 16.3 Å². The summed E-state index contributed by atoms with van der Waals surface area (Å²) in [5, 5.41) is 7.53. The first kappa shape index (κ1) is 16.0. The number of carbonyl (C=O) groups is 1. The number of hydrogen-bond donors (Lipinski definition) is 1. The zero-order valence-electron chi connectivity index (χ0n) is 12.1. The summed E-state index contributed by atoms with van der Waals surface area (Å²) in [6.07, 6.45) is 0.388. The van der Waals surface area contributed by atoms with Crippen LogP contribution in [0.4, 0.5) is 0 Å². The van der Waals surface area contributed by atoms with Crippen LogP contribution < -0.4 is 5.32 Å². The van der Waals surface area contributed by atoms with Crippen LogP contribution >= 0.6 is 22.9 Å². The minimum atomic E-state index is -0.602. The molecule has 0 fully saturated rings. The number of thiophene rings is 1. The van der Waals surface area contributed by atoms with E-state index in [-0.39, 0.29) is 5.91 Å². The molecule has 1 amide bonds. The molecule has 112 valence electrons. The molecule has 0 aliphatic carbocycles. The Bertz CT molecular complexity index is 600. The molecule has 2 rings (SSSR count). The number of amides is 1. The fourth-order valence-corrected chi connectivity index (χ4v) is 2.88. The first-order valence-corrected chi connectivity index (χ1v) is 7.94. The summed E-state index contributed by atoms with van der Waals surface area (Å²) in [5.41, 5.74) is 1.36. The molecule has 1 unspecified atom stereocenters. The number of methoxy groups -OCH3 is 1. The summed E-state index contributed by atoms with van der Waals surface area (Å²) in [5.74, 6) is -0.0151. The smallest absolute Gasteiger partial charge is 0.224 e. The lowest BCUT2D eigenvalue weighted by atomic mass is 9.95. The molecular formula is C16H18ClNO2S. The maximum Gasteiger partial charge on any atom is 0.224 e. The van der Waals surface area contributed by atoms with Crippen LogP contribution in [0.3, 0.4) is 0 Å². The van der Waals surface area contributed by atoms with Crippen molar-refractivity contribution in [2.75, 3.05) is 13.7 Å². The highest BCUT2D eigenvalue weighted by Crippen LogP contribution is 2.26. The predicted molar refractivity (Wildman–Crippen MR) is 86.8 cm³/mol. The number of carbonyl (C=O) groups excluding carboxylic acids is 1. The van der Waals surface area contributed by atoms with E-state index in [1.54, 1.807) is 18.4 Å². The zero-order valence-corrected chi connectivity index (χ0v) is 13.6. The third kappa shape index (κ3) is 4.30. The fraction of sp³-hybridized carbons (Fsp3) is 0.312. The average Bonchev–Trinajstić information content (AvgIpc) is 2.97. The van der Waals surface area contributed by atoms with Crippen LogP contribution in [0, 0.1) is 0 Å². The predicted octanol–water partition coefficient (Wildman–Crippen LogP) is 3.62. The molecule has 0 spiro atoms. The van der Waals surface area contributed by atoms with Gasteiger partial charge in [0, 0.05) is 12.1 Å². The van der Waals surface area contributed by atoms with E-state index in [1.165, 1.54) is 0 Å². The lowest BCUT2D eigenvalue weighted by Crippen LogP contribution is -2.40. The number of rotatable bonds is 6. The van der Waals surface area contributed by atoms with Gasteiger partial charge in [0.1, 0.15) is 5.60 Å². The lowest BCUT2D eigenvalue weighted by molar-refractivity contribution is -0.122. The van der Waals surface area contributed by atoms with Crippen molar-refractivity contribution >= 4 is 28.8 Å². The van der Waals surface area contributed by atoms with E-state index in [0.717, 1.165) is 11.1 Å². The van der Waals surface area contributed by atoms with Crippen molar-refractivity contribution in [3.8, 4) is 0 Å². The summed E-state index contributed by atoms with van der Waals surface area (Å²) >= 11 is 7.61. The number of ether oxygens (including phenoxy) is 1. The van der Waals surface area contributed by atoms with Crippen LogP contribution in [0.1, 0.15) is 18.1 Å². The van der Waals surface area contributed by atoms with Gasteiger partial charge in [-0.15, -0.1) is 0 Å². The Morgan fingerprint density at radius 3 is 2.86 bits per heavy atom. The van der Waals surface area contributed by atoms with E-state index in [9.17, 15) is 4.79 Å². The van der Waals surface area contributed by atoms with E-state index in [1.807, 2.05) is 48.0 Å². The van der Waals surface area contributed by atoms with Gasteiger partial charge in [-0.2, -0.15) is 11.3 Å². The maximum absolute atomic E-state index is 12.0. The molecule has 3 nitrogen and oxygen atoms in total. The number of nitrogens with one attached hydrogen (secondary N) is 1. The highest BCUT2D eigenvalue weighted by Gasteiger charge is 2.27. The second kappa shape index (κ2) is 7.07. The van der Waals surface area contributed by atoms with Gasteiger partial charge in [-0.1, -0.05) is 23.7 Å². The van der Waals surface area contributed by atoms with Gasteiger partial charge >= 0.3 is 0 Å². The molecule has 0 aliphatic heterocycles. The standard InChI is InChI=1S/C16H18ClNO2S/c1-16(20-2,13-4-3-5-14(17)9-13)11-18-15(19)8-12-6-7-21-10-12/h3-7,9-10H,8,11H2,1-2H3,(H,18,19). The van der Waals surface area contributed by atoms with Crippen LogP contribution in [0.5, 0.6) is 0 Å². The normalized spacial score (nSPS) is 13.7. The highest BCUT2D eigenvalue weighted by molar-refractivity contribution is 7.08. The molecule has 1 heterocycles. The number of hydrogen-bond acceptors (Lipinski definition) is 3. The van der Waals surface area contributed by atoms with Gasteiger partial charge in [0.05, 0.1) is 13.0 Å². The first-order chi connectivity index (χ1) is 10.0. The van der Waals surface area contributed by atoms with Crippen LogP contribution in [-0.4, -0.2) is 19.6 Å². The third-order valence-electron chi connectivity index (χ3n) is 3.45. The Morgan fingerprint density at radius 2 is 2.24 bits per heavy atom. The van der Waals surface area contributed by atoms with Gasteiger partial charge in [0.25, 0.3) is 0 Å². The number of benzene rings is 1. The summed E-state index contributed by atoms with van der Waals surface area (Å²) in [4.78, 5) is 12.0. The van der Waals surface area contributed by atoms with Crippen LogP contribution in [0.2, 0.25) is 5.02 Å². The molecule has 1 N–H and O–H groups in total. The first-order valence-electron chi connectivity index (χ1n) is 6.62. The van der Waals surface area contributed by atoms with Crippen molar-refractivity contribution in [3.63, 3.8) is 0 Å². The van der Waals surface area contributed by atoms with Gasteiger partial charge in [-0.3, -0.25) is 4.79 Å². The van der Waals surface area contributed by atoms with Crippen molar-refractivity contribution in [2.24, 2.45) is 0 Å². The molecule has 1 aromatic heterocycles. The minimum absolute atomic E-state index is 0.0151. The van der Waals surface area contributed by atoms with Gasteiger partial charge in [-0.25, -0.2) is 0 Å². The molecule has 21 heavy (non-hydrogen) atoms. The average molecular weight is 324 g/mol. The van der Waals surface area contributed by atoms with Crippen molar-refractivity contribution in [3.05, 3.63) is 57.2 Å². The zero-order chi connectivity index (χ0) is 15.3. The molecule has 0 bridgehead atoms. The topological polar surface area (TPSA) is 38.3 Å². The monoisotopic (exact) mass is 323 g/mol. The van der Waals surface area contributed by atoms with E-state index < -0.39 is 5.60 Å². The van der Waals surface area contributed by atoms with E-state index in [2.05, 4.69) is 5.32 Å². The highest BCUT2D eigenvalue weighted by atomic mass is 35.5. The number of halogens is 1. The Morgan fingerprint density at radius 1 is 1.43 bits per heavy atom. The summed E-state index contributed by atoms with van der Waals surface area (Å²) < 4.78 is 5.59. The van der Waals surface area contributed by atoms with Gasteiger partial charge in [-0.05, 0) is 47.0 Å². The van der Waals surface area contributed by atoms with Gasteiger partial charge in [0.2, 0.25) is 5.91 Å². The summed E-state index contributed by atoms with van der Waals surface area (Å²) in [6, 6.07) is 9.45. The molecule has 1 aromatic carbocycles. The van der Waals surface area contributed by atoms with E-state index >= 15 is 0 Å². The second-order valence-corrected chi connectivity index (χ2v) is 6.25. The van der Waals surface area contributed by atoms with Crippen LogP contribution in [0.25, 0.3) is 0 Å². The van der Waals surface area contributed by atoms with Crippen molar-refractivity contribution in [1.82, 2.24) is 5.32 Å². The molecular weight excluding hydrogens is 306 g/mol. The Kier molecular flexibility index (Phi) is 5.39. The van der Waals surface area contributed by atoms with Crippen molar-refractivity contribution in [1.29, 1.82) is 0 Å². The Hall–Kier alpha value is -1.36. The summed E-state index contributed by atoms with van der Waals surface area (Å²) in [7, 11) is 1.63. The third-order valence-corrected chi connectivity index (χ3v) is 4.42. The van der Waals surface area contributed by atoms with Crippen LogP contribution in [-0.2, 0) is 21.6 Å². The summed E-state index contributed by atoms with van der Waals surface area (Å²) in [6.45, 7) is 2.33. The van der Waals surface area contributed by atoms with Crippen molar-refractivity contribution < 1.29 is 9.53 Å². The van der Waals surface area contributed by atoms with E-state index in [0.29, 0.717) is 18.0 Å². The molecule has 5 heteroatoms. The SMILES string of the molecule is COC(C)(CNC(=O)Cc1ccsc1)c1cccc(Cl)c1. The molecule has 0 radical (unpaired) electrons. The molecule has 0 saturated heterocycles. The second-order valence-electron chi connectivity index (χ2n) is 5.03. The molecule has 0 saturated carbocycles. The molecule has 1 atom stereocenters.